The van der Waals surface area contributed by atoms with Crippen LogP contribution in [0.15, 0.2) is 76.1 Å². The van der Waals surface area contributed by atoms with Crippen LogP contribution in [0.3, 0.4) is 0 Å². The number of hydrogen-bond acceptors (Lipinski definition) is 6. The second-order valence-corrected chi connectivity index (χ2v) is 10.9. The van der Waals surface area contributed by atoms with Gasteiger partial charge in [0.05, 0.1) is 11.4 Å². The Kier molecular flexibility index (Phi) is 6.66. The van der Waals surface area contributed by atoms with E-state index in [1.807, 2.05) is 60.0 Å². The van der Waals surface area contributed by atoms with Crippen LogP contribution in [0.4, 0.5) is 10.5 Å². The normalized spacial score (nSPS) is 15.5. The molecule has 0 aliphatic carbocycles. The van der Waals surface area contributed by atoms with E-state index in [0.717, 1.165) is 44.0 Å². The molecule has 0 atom stereocenters. The molecule has 196 valence electrons. The summed E-state index contributed by atoms with van der Waals surface area (Å²) in [4.78, 5) is 40.7. The first-order valence-corrected chi connectivity index (χ1v) is 13.8. The largest absolute Gasteiger partial charge is 0.454 e. The molecule has 10 heteroatoms. The first kappa shape index (κ1) is 25.3. The van der Waals surface area contributed by atoms with Crippen LogP contribution in [0, 0.1) is 6.92 Å². The fraction of sp³-hybridized carbons (Fsp3) is 0.138. The van der Waals surface area contributed by atoms with Gasteiger partial charge in [0, 0.05) is 38.4 Å². The van der Waals surface area contributed by atoms with Crippen molar-refractivity contribution in [3.63, 3.8) is 0 Å². The Morgan fingerprint density at radius 2 is 1.82 bits per heavy atom. The Balaban J connectivity index is 1.27. The molecule has 1 fully saturated rings. The summed E-state index contributed by atoms with van der Waals surface area (Å²) in [6.07, 6.45) is 1.76. The van der Waals surface area contributed by atoms with Crippen LogP contribution < -0.4 is 14.8 Å². The fourth-order valence-electron chi connectivity index (χ4n) is 4.73. The van der Waals surface area contributed by atoms with Gasteiger partial charge in [0.2, 0.25) is 12.7 Å². The molecule has 3 aromatic carbocycles. The summed E-state index contributed by atoms with van der Waals surface area (Å²) in [5, 5.41) is 3.50. The van der Waals surface area contributed by atoms with Crippen molar-refractivity contribution in [2.45, 2.75) is 20.0 Å². The van der Waals surface area contributed by atoms with Crippen LogP contribution in [0.5, 0.6) is 11.5 Å². The third kappa shape index (κ3) is 4.81. The number of nitrogens with one attached hydrogen (secondary N) is 1. The van der Waals surface area contributed by atoms with Crippen LogP contribution in [0.1, 0.15) is 16.8 Å². The van der Waals surface area contributed by atoms with E-state index in [9.17, 15) is 14.4 Å². The van der Waals surface area contributed by atoms with E-state index in [-0.39, 0.29) is 36.9 Å². The number of hydrogen-bond donors (Lipinski definition) is 1. The predicted molar refractivity (Wildman–Crippen MR) is 154 cm³/mol. The lowest BCUT2D eigenvalue weighted by molar-refractivity contribution is -0.123. The molecular weight excluding hydrogens is 582 g/mol. The minimum absolute atomic E-state index is 0.0676. The van der Waals surface area contributed by atoms with E-state index < -0.39 is 0 Å². The van der Waals surface area contributed by atoms with Crippen molar-refractivity contribution in [2.24, 2.45) is 0 Å². The number of carbonyl (C=O) groups is 3. The van der Waals surface area contributed by atoms with Crippen molar-refractivity contribution in [3.05, 3.63) is 92.9 Å². The molecule has 0 bridgehead atoms. The minimum atomic E-state index is -0.336. The van der Waals surface area contributed by atoms with E-state index >= 15 is 0 Å². The zero-order valence-corrected chi connectivity index (χ0v) is 23.2. The van der Waals surface area contributed by atoms with Gasteiger partial charge in [-0.15, -0.1) is 0 Å². The topological polar surface area (TPSA) is 89.9 Å². The standard InChI is InChI=1S/C29H22BrN3O5S/c1-17-21(13-26-28(35)33(29(36)39-26)14-18-6-2-4-8-22(18)30)20-7-3-5-9-23(20)32(17)15-27(34)31-19-10-11-24-25(12-19)38-16-37-24/h2-13H,14-16H2,1H3,(H,31,34)/b26-13-. The number of rotatable bonds is 6. The molecule has 0 saturated carbocycles. The number of ether oxygens (including phenoxy) is 2. The first-order valence-electron chi connectivity index (χ1n) is 12.1. The highest BCUT2D eigenvalue weighted by atomic mass is 79.9. The molecule has 39 heavy (non-hydrogen) atoms. The highest BCUT2D eigenvalue weighted by Crippen LogP contribution is 2.37. The summed E-state index contributed by atoms with van der Waals surface area (Å²) in [6.45, 7) is 2.32. The Morgan fingerprint density at radius 3 is 2.67 bits per heavy atom. The molecule has 0 unspecified atom stereocenters. The number of halogens is 1. The van der Waals surface area contributed by atoms with Gasteiger partial charge in [-0.25, -0.2) is 0 Å². The van der Waals surface area contributed by atoms with Gasteiger partial charge >= 0.3 is 0 Å². The number of nitrogens with zero attached hydrogens (tertiary/aromatic N) is 2. The van der Waals surface area contributed by atoms with Gasteiger partial charge in [-0.3, -0.25) is 19.3 Å². The van der Waals surface area contributed by atoms with Gasteiger partial charge in [-0.1, -0.05) is 52.3 Å². The number of para-hydroxylation sites is 1. The molecule has 2 aliphatic rings. The summed E-state index contributed by atoms with van der Waals surface area (Å²) in [5.74, 6) is 0.688. The maximum Gasteiger partial charge on any atom is 0.293 e. The Labute approximate surface area is 236 Å². The first-order chi connectivity index (χ1) is 18.9. The lowest BCUT2D eigenvalue weighted by Gasteiger charge is -2.13. The van der Waals surface area contributed by atoms with Gasteiger partial charge in [0.15, 0.2) is 11.5 Å². The molecule has 1 N–H and O–H groups in total. The molecule has 0 radical (unpaired) electrons. The molecule has 8 nitrogen and oxygen atoms in total. The number of fused-ring (bicyclic) bond motifs is 2. The minimum Gasteiger partial charge on any atom is -0.454 e. The third-order valence-corrected chi connectivity index (χ3v) is 8.35. The molecule has 3 heterocycles. The average molecular weight is 604 g/mol. The maximum absolute atomic E-state index is 13.3. The number of carbonyl (C=O) groups excluding carboxylic acids is 3. The van der Waals surface area contributed by atoms with Crippen molar-refractivity contribution in [2.75, 3.05) is 12.1 Å². The molecule has 4 aromatic rings. The SMILES string of the molecule is Cc1c(/C=C2\SC(=O)N(Cc3ccccc3Br)C2=O)c2ccccc2n1CC(=O)Nc1ccc2c(c1)OCO2. The van der Waals surface area contributed by atoms with Gasteiger partial charge < -0.3 is 19.4 Å². The van der Waals surface area contributed by atoms with Crippen molar-refractivity contribution in [1.82, 2.24) is 9.47 Å². The number of amides is 3. The molecule has 1 saturated heterocycles. The Bertz CT molecular complexity index is 1700. The second kappa shape index (κ2) is 10.3. The smallest absolute Gasteiger partial charge is 0.293 e. The third-order valence-electron chi connectivity index (χ3n) is 6.67. The molecule has 1 aromatic heterocycles. The molecule has 0 spiro atoms. The predicted octanol–water partition coefficient (Wildman–Crippen LogP) is 6.32. The van der Waals surface area contributed by atoms with Crippen LogP contribution in [0.2, 0.25) is 0 Å². The number of aromatic nitrogens is 1. The highest BCUT2D eigenvalue weighted by molar-refractivity contribution is 9.10. The quantitative estimate of drug-likeness (QED) is 0.259. The van der Waals surface area contributed by atoms with E-state index in [1.165, 1.54) is 4.90 Å². The van der Waals surface area contributed by atoms with Gasteiger partial charge in [-0.05, 0) is 54.6 Å². The second-order valence-electron chi connectivity index (χ2n) is 9.08. The maximum atomic E-state index is 13.3. The molecule has 3 amide bonds. The number of anilines is 1. The zero-order chi connectivity index (χ0) is 27.1. The van der Waals surface area contributed by atoms with Gasteiger partial charge in [0.25, 0.3) is 11.1 Å². The van der Waals surface area contributed by atoms with Crippen LogP contribution in [0.25, 0.3) is 17.0 Å². The number of benzene rings is 3. The van der Waals surface area contributed by atoms with E-state index in [1.54, 1.807) is 24.3 Å². The van der Waals surface area contributed by atoms with Gasteiger partial charge in [0.1, 0.15) is 6.54 Å². The van der Waals surface area contributed by atoms with Crippen LogP contribution in [-0.4, -0.2) is 33.3 Å². The van der Waals surface area contributed by atoms with Crippen LogP contribution in [-0.2, 0) is 22.7 Å². The molecule has 6 rings (SSSR count). The van der Waals surface area contributed by atoms with Gasteiger partial charge in [-0.2, -0.15) is 0 Å². The average Bonchev–Trinajstić information content (AvgIpc) is 3.57. The lowest BCUT2D eigenvalue weighted by Crippen LogP contribution is -2.27. The van der Waals surface area contributed by atoms with Crippen molar-refractivity contribution in [3.8, 4) is 11.5 Å². The van der Waals surface area contributed by atoms with Crippen molar-refractivity contribution < 1.29 is 23.9 Å². The number of thioether (sulfide) groups is 1. The Hall–Kier alpha value is -4.02. The number of imide groups is 1. The highest BCUT2D eigenvalue weighted by Gasteiger charge is 2.35. The summed E-state index contributed by atoms with van der Waals surface area (Å²) in [6, 6.07) is 20.5. The fourth-order valence-corrected chi connectivity index (χ4v) is 5.96. The van der Waals surface area contributed by atoms with Crippen LogP contribution >= 0.6 is 27.7 Å². The van der Waals surface area contributed by atoms with Crippen molar-refractivity contribution in [1.29, 1.82) is 0 Å². The Morgan fingerprint density at radius 1 is 1.05 bits per heavy atom. The summed E-state index contributed by atoms with van der Waals surface area (Å²) >= 11 is 4.41. The van der Waals surface area contributed by atoms with Crippen molar-refractivity contribution >= 4 is 67.4 Å². The summed E-state index contributed by atoms with van der Waals surface area (Å²) < 4.78 is 13.5. The summed E-state index contributed by atoms with van der Waals surface area (Å²) in [5.41, 5.74) is 3.93. The lowest BCUT2D eigenvalue weighted by atomic mass is 10.1. The zero-order valence-electron chi connectivity index (χ0n) is 20.8. The summed E-state index contributed by atoms with van der Waals surface area (Å²) in [7, 11) is 0. The molecular formula is C29H22BrN3O5S. The van der Waals surface area contributed by atoms with E-state index in [4.69, 9.17) is 9.47 Å². The molecule has 2 aliphatic heterocycles. The van der Waals surface area contributed by atoms with E-state index in [2.05, 4.69) is 21.2 Å². The monoisotopic (exact) mass is 603 g/mol. The van der Waals surface area contributed by atoms with E-state index in [0.29, 0.717) is 22.1 Å².